The van der Waals surface area contributed by atoms with Crippen LogP contribution in [0.4, 0.5) is 4.79 Å². The lowest BCUT2D eigenvalue weighted by Gasteiger charge is -2.17. The molecule has 0 saturated heterocycles. The first-order valence-electron chi connectivity index (χ1n) is 10.4. The topological polar surface area (TPSA) is 76.2 Å². The van der Waals surface area contributed by atoms with Crippen LogP contribution in [0, 0.1) is 0 Å². The van der Waals surface area contributed by atoms with Crippen molar-refractivity contribution in [1.82, 2.24) is 15.3 Å². The van der Waals surface area contributed by atoms with Gasteiger partial charge in [0.1, 0.15) is 18.2 Å². The lowest BCUT2D eigenvalue weighted by molar-refractivity contribution is 0.135. The molecule has 1 aromatic heterocycles. The summed E-state index contributed by atoms with van der Waals surface area (Å²) >= 11 is 0. The third kappa shape index (κ3) is 5.55. The van der Waals surface area contributed by atoms with E-state index in [0.29, 0.717) is 12.2 Å². The molecule has 0 bridgehead atoms. The van der Waals surface area contributed by atoms with Crippen molar-refractivity contribution in [3.05, 3.63) is 108 Å². The molecular weight excluding hydrogens is 402 g/mol. The van der Waals surface area contributed by atoms with Gasteiger partial charge in [-0.15, -0.1) is 0 Å². The highest BCUT2D eigenvalue weighted by Crippen LogP contribution is 2.23. The third-order valence-electron chi connectivity index (χ3n) is 5.11. The Hall–Kier alpha value is -4.06. The number of hydrogen-bond acceptors (Lipinski definition) is 4. The molecular formula is C26H25N3O3. The Labute approximate surface area is 187 Å². The van der Waals surface area contributed by atoms with Crippen LogP contribution in [0.25, 0.3) is 11.3 Å². The van der Waals surface area contributed by atoms with Crippen LogP contribution in [0.5, 0.6) is 5.75 Å². The van der Waals surface area contributed by atoms with Crippen LogP contribution < -0.4 is 10.1 Å². The molecule has 1 unspecified atom stereocenters. The first kappa shape index (κ1) is 21.2. The van der Waals surface area contributed by atoms with Crippen molar-refractivity contribution >= 4 is 6.09 Å². The van der Waals surface area contributed by atoms with Crippen molar-refractivity contribution < 1.29 is 14.3 Å². The summed E-state index contributed by atoms with van der Waals surface area (Å²) in [6, 6.07) is 26.9. The Morgan fingerprint density at radius 2 is 1.59 bits per heavy atom. The third-order valence-corrected chi connectivity index (χ3v) is 5.11. The zero-order valence-corrected chi connectivity index (χ0v) is 17.8. The van der Waals surface area contributed by atoms with Gasteiger partial charge in [0.05, 0.1) is 25.0 Å². The number of aromatic nitrogens is 2. The summed E-state index contributed by atoms with van der Waals surface area (Å²) in [4.78, 5) is 20.4. The van der Waals surface area contributed by atoms with E-state index in [2.05, 4.69) is 15.3 Å². The van der Waals surface area contributed by atoms with E-state index in [1.54, 1.807) is 13.3 Å². The summed E-state index contributed by atoms with van der Waals surface area (Å²) in [6.07, 6.45) is 1.86. The Kier molecular flexibility index (Phi) is 6.82. The maximum absolute atomic E-state index is 12.5. The van der Waals surface area contributed by atoms with Gasteiger partial charge in [0.25, 0.3) is 0 Å². The summed E-state index contributed by atoms with van der Waals surface area (Å²) in [5.41, 5.74) is 3.86. The zero-order chi connectivity index (χ0) is 22.2. The molecule has 2 N–H and O–H groups in total. The van der Waals surface area contributed by atoms with Crippen molar-refractivity contribution in [3.63, 3.8) is 0 Å². The van der Waals surface area contributed by atoms with Gasteiger partial charge in [-0.1, -0.05) is 60.7 Å². The normalized spacial score (nSPS) is 11.5. The van der Waals surface area contributed by atoms with Crippen molar-refractivity contribution in [2.45, 2.75) is 19.1 Å². The first-order chi connectivity index (χ1) is 15.7. The number of benzene rings is 3. The van der Waals surface area contributed by atoms with Gasteiger partial charge in [-0.3, -0.25) is 0 Å². The molecule has 1 amide bonds. The molecule has 0 spiro atoms. The molecule has 3 aromatic carbocycles. The Bertz CT molecular complexity index is 1130. The van der Waals surface area contributed by atoms with Crippen LogP contribution >= 0.6 is 0 Å². The quantitative estimate of drug-likeness (QED) is 0.400. The number of hydrogen-bond donors (Lipinski definition) is 2. The maximum Gasteiger partial charge on any atom is 0.408 e. The summed E-state index contributed by atoms with van der Waals surface area (Å²) in [5, 5.41) is 2.96. The molecule has 32 heavy (non-hydrogen) atoms. The molecule has 0 fully saturated rings. The van der Waals surface area contributed by atoms with Gasteiger partial charge in [-0.2, -0.15) is 0 Å². The summed E-state index contributed by atoms with van der Waals surface area (Å²) in [7, 11) is 1.64. The van der Waals surface area contributed by atoms with E-state index in [-0.39, 0.29) is 12.6 Å². The molecule has 0 aliphatic heterocycles. The van der Waals surface area contributed by atoms with Gasteiger partial charge in [0.2, 0.25) is 0 Å². The van der Waals surface area contributed by atoms with E-state index >= 15 is 0 Å². The summed E-state index contributed by atoms with van der Waals surface area (Å²) in [6.45, 7) is 0.208. The highest BCUT2D eigenvalue weighted by Gasteiger charge is 2.20. The largest absolute Gasteiger partial charge is 0.497 e. The van der Waals surface area contributed by atoms with Crippen molar-refractivity contribution in [3.8, 4) is 17.0 Å². The predicted molar refractivity (Wildman–Crippen MR) is 123 cm³/mol. The fourth-order valence-electron chi connectivity index (χ4n) is 3.40. The molecule has 1 heterocycles. The van der Waals surface area contributed by atoms with E-state index in [9.17, 15) is 4.79 Å². The highest BCUT2D eigenvalue weighted by atomic mass is 16.5. The second kappa shape index (κ2) is 10.3. The monoisotopic (exact) mass is 427 g/mol. The van der Waals surface area contributed by atoms with Crippen LogP contribution in [0.2, 0.25) is 0 Å². The molecule has 0 aliphatic carbocycles. The molecule has 4 aromatic rings. The molecule has 0 radical (unpaired) electrons. The number of rotatable bonds is 8. The van der Waals surface area contributed by atoms with Crippen molar-refractivity contribution in [2.75, 3.05) is 7.11 Å². The molecule has 4 rings (SSSR count). The minimum absolute atomic E-state index is 0.208. The van der Waals surface area contributed by atoms with E-state index in [1.165, 1.54) is 0 Å². The number of carbonyl (C=O) groups excluding carboxylic acids is 1. The Morgan fingerprint density at radius 3 is 2.25 bits per heavy atom. The molecule has 1 atom stereocenters. The van der Waals surface area contributed by atoms with Crippen LogP contribution in [0.1, 0.15) is 23.0 Å². The van der Waals surface area contributed by atoms with Gasteiger partial charge in [0.15, 0.2) is 0 Å². The van der Waals surface area contributed by atoms with Gasteiger partial charge < -0.3 is 19.8 Å². The maximum atomic E-state index is 12.5. The average Bonchev–Trinajstić information content (AvgIpc) is 3.34. The average molecular weight is 428 g/mol. The second-order valence-corrected chi connectivity index (χ2v) is 7.36. The van der Waals surface area contributed by atoms with Crippen molar-refractivity contribution in [2.24, 2.45) is 0 Å². The number of imidazole rings is 1. The number of carbonyl (C=O) groups is 1. The van der Waals surface area contributed by atoms with Gasteiger partial charge in [-0.25, -0.2) is 9.78 Å². The van der Waals surface area contributed by atoms with E-state index < -0.39 is 6.09 Å². The standard InChI is InChI=1S/C26H25N3O3/c1-31-22-14-12-21(13-15-22)24-17-27-25(28-24)23(16-19-8-4-2-5-9-19)29-26(30)32-18-20-10-6-3-7-11-20/h2-15,17,23H,16,18H2,1H3,(H,27,28)(H,29,30). The lowest BCUT2D eigenvalue weighted by Crippen LogP contribution is -2.31. The van der Waals surface area contributed by atoms with E-state index in [4.69, 9.17) is 9.47 Å². The molecule has 6 heteroatoms. The summed E-state index contributed by atoms with van der Waals surface area (Å²) < 4.78 is 10.7. The number of nitrogens with one attached hydrogen (secondary N) is 2. The first-order valence-corrected chi connectivity index (χ1v) is 10.4. The smallest absolute Gasteiger partial charge is 0.408 e. The zero-order valence-electron chi connectivity index (χ0n) is 17.8. The van der Waals surface area contributed by atoms with E-state index in [0.717, 1.165) is 28.1 Å². The van der Waals surface area contributed by atoms with Crippen LogP contribution in [-0.2, 0) is 17.8 Å². The molecule has 162 valence electrons. The summed E-state index contributed by atoms with van der Waals surface area (Å²) in [5.74, 6) is 1.45. The van der Waals surface area contributed by atoms with Crippen LogP contribution in [-0.4, -0.2) is 23.2 Å². The highest BCUT2D eigenvalue weighted by molar-refractivity contribution is 5.68. The lowest BCUT2D eigenvalue weighted by atomic mass is 10.1. The molecule has 6 nitrogen and oxygen atoms in total. The SMILES string of the molecule is COc1ccc(-c2cnc(C(Cc3ccccc3)NC(=O)OCc3ccccc3)[nH]2)cc1. The number of methoxy groups -OCH3 is 1. The number of H-pyrrole nitrogens is 1. The number of alkyl carbamates (subject to hydrolysis) is 1. The Balaban J connectivity index is 1.50. The van der Waals surface area contributed by atoms with Crippen LogP contribution in [0.3, 0.4) is 0 Å². The minimum atomic E-state index is -0.489. The van der Waals surface area contributed by atoms with E-state index in [1.807, 2.05) is 84.9 Å². The second-order valence-electron chi connectivity index (χ2n) is 7.36. The number of aromatic amines is 1. The van der Waals surface area contributed by atoms with Crippen molar-refractivity contribution in [1.29, 1.82) is 0 Å². The molecule has 0 aliphatic rings. The molecule has 0 saturated carbocycles. The fourth-order valence-corrected chi connectivity index (χ4v) is 3.40. The van der Waals surface area contributed by atoms with Gasteiger partial charge in [-0.05, 0) is 41.0 Å². The predicted octanol–water partition coefficient (Wildman–Crippen LogP) is 5.30. The number of ether oxygens (including phenoxy) is 2. The van der Waals surface area contributed by atoms with Gasteiger partial charge in [0, 0.05) is 6.42 Å². The number of amides is 1. The fraction of sp³-hybridized carbons (Fsp3) is 0.154. The Morgan fingerprint density at radius 1 is 0.938 bits per heavy atom. The van der Waals surface area contributed by atoms with Crippen LogP contribution in [0.15, 0.2) is 91.1 Å². The van der Waals surface area contributed by atoms with Gasteiger partial charge >= 0.3 is 6.09 Å². The minimum Gasteiger partial charge on any atom is -0.497 e. The number of nitrogens with zero attached hydrogens (tertiary/aromatic N) is 1.